The quantitative estimate of drug-likeness (QED) is 0.724. The van der Waals surface area contributed by atoms with E-state index < -0.39 is 0 Å². The van der Waals surface area contributed by atoms with Gasteiger partial charge in [-0.3, -0.25) is 9.69 Å². The highest BCUT2D eigenvalue weighted by Crippen LogP contribution is 2.20. The second-order valence-corrected chi connectivity index (χ2v) is 6.37. The van der Waals surface area contributed by atoms with E-state index in [1.54, 1.807) is 0 Å². The fourth-order valence-electron chi connectivity index (χ4n) is 3.14. The van der Waals surface area contributed by atoms with E-state index in [1.807, 2.05) is 37.3 Å². The normalized spacial score (nSPS) is 17.4. The summed E-state index contributed by atoms with van der Waals surface area (Å²) in [5.41, 5.74) is 2.29. The number of nitrogens with zero attached hydrogens (tertiary/aromatic N) is 1. The van der Waals surface area contributed by atoms with Crippen LogP contribution in [0.1, 0.15) is 24.5 Å². The minimum absolute atomic E-state index is 0.191. The summed E-state index contributed by atoms with van der Waals surface area (Å²) in [6, 6.07) is 18.3. The average molecular weight is 339 g/mol. The van der Waals surface area contributed by atoms with Gasteiger partial charge in [0.15, 0.2) is 0 Å². The van der Waals surface area contributed by atoms with Gasteiger partial charge in [-0.05, 0) is 36.6 Å². The second-order valence-electron chi connectivity index (χ2n) is 6.37. The fraction of sp³-hybridized carbons (Fsp3) is 0.381. The van der Waals surface area contributed by atoms with E-state index in [-0.39, 0.29) is 12.1 Å². The summed E-state index contributed by atoms with van der Waals surface area (Å²) in [4.78, 5) is 13.9. The maximum atomic E-state index is 11.5. The van der Waals surface area contributed by atoms with Gasteiger partial charge in [0.1, 0.15) is 11.9 Å². The molecule has 1 heterocycles. The molecule has 1 atom stereocenters. The van der Waals surface area contributed by atoms with Gasteiger partial charge in [0.05, 0.1) is 13.0 Å². The molecule has 0 spiro atoms. The van der Waals surface area contributed by atoms with Crippen LogP contribution in [0.4, 0.5) is 0 Å². The van der Waals surface area contributed by atoms with Crippen LogP contribution in [-0.4, -0.2) is 36.7 Å². The van der Waals surface area contributed by atoms with E-state index in [0.29, 0.717) is 13.0 Å². The van der Waals surface area contributed by atoms with Crippen LogP contribution in [0.5, 0.6) is 5.75 Å². The standard InChI is InChI=1S/C21H25NO3/c1-2-24-21(23)14-17-8-10-19(11-9-17)25-20-12-13-22(16-20)15-18-6-4-3-5-7-18/h3-11,20H,2,12-16H2,1H3/t20-/m0/s1. The van der Waals surface area contributed by atoms with Crippen LogP contribution in [-0.2, 0) is 22.5 Å². The van der Waals surface area contributed by atoms with E-state index in [2.05, 4.69) is 29.2 Å². The van der Waals surface area contributed by atoms with Crippen molar-refractivity contribution in [3.8, 4) is 5.75 Å². The molecule has 2 aromatic carbocycles. The molecule has 2 aromatic rings. The van der Waals surface area contributed by atoms with Crippen LogP contribution >= 0.6 is 0 Å². The van der Waals surface area contributed by atoms with E-state index in [0.717, 1.165) is 37.4 Å². The molecule has 0 N–H and O–H groups in total. The number of hydrogen-bond acceptors (Lipinski definition) is 4. The molecule has 0 saturated carbocycles. The molecule has 4 heteroatoms. The molecule has 1 saturated heterocycles. The zero-order chi connectivity index (χ0) is 17.5. The molecule has 1 aliphatic heterocycles. The second kappa shape index (κ2) is 8.67. The van der Waals surface area contributed by atoms with Gasteiger partial charge in [-0.2, -0.15) is 0 Å². The topological polar surface area (TPSA) is 38.8 Å². The van der Waals surface area contributed by atoms with E-state index in [1.165, 1.54) is 5.56 Å². The van der Waals surface area contributed by atoms with E-state index in [9.17, 15) is 4.79 Å². The Kier molecular flexibility index (Phi) is 6.07. The first-order chi connectivity index (χ1) is 12.2. The Balaban J connectivity index is 1.47. The van der Waals surface area contributed by atoms with E-state index in [4.69, 9.17) is 9.47 Å². The van der Waals surface area contributed by atoms with Gasteiger partial charge in [0, 0.05) is 19.6 Å². The van der Waals surface area contributed by atoms with Gasteiger partial charge in [-0.15, -0.1) is 0 Å². The van der Waals surface area contributed by atoms with Gasteiger partial charge in [0.25, 0.3) is 0 Å². The summed E-state index contributed by atoms with van der Waals surface area (Å²) in [6.45, 7) is 5.21. The predicted molar refractivity (Wildman–Crippen MR) is 97.5 cm³/mol. The van der Waals surface area contributed by atoms with Crippen molar-refractivity contribution in [2.45, 2.75) is 32.4 Å². The van der Waals surface area contributed by atoms with Gasteiger partial charge in [0.2, 0.25) is 0 Å². The Hall–Kier alpha value is -2.33. The van der Waals surface area contributed by atoms with Crippen LogP contribution in [0.25, 0.3) is 0 Å². The van der Waals surface area contributed by atoms with Crippen molar-refractivity contribution in [2.24, 2.45) is 0 Å². The van der Waals surface area contributed by atoms with Gasteiger partial charge in [-0.1, -0.05) is 42.5 Å². The monoisotopic (exact) mass is 339 g/mol. The zero-order valence-electron chi connectivity index (χ0n) is 14.7. The number of rotatable bonds is 7. The van der Waals surface area contributed by atoms with Crippen molar-refractivity contribution in [3.63, 3.8) is 0 Å². The fourth-order valence-corrected chi connectivity index (χ4v) is 3.14. The SMILES string of the molecule is CCOC(=O)Cc1ccc(O[C@H]2CCN(Cc3ccccc3)C2)cc1. The lowest BCUT2D eigenvalue weighted by atomic mass is 10.1. The van der Waals surface area contributed by atoms with Crippen LogP contribution in [0.3, 0.4) is 0 Å². The molecule has 1 aliphatic rings. The smallest absolute Gasteiger partial charge is 0.310 e. The molecule has 1 fully saturated rings. The lowest BCUT2D eigenvalue weighted by Crippen LogP contribution is -2.24. The van der Waals surface area contributed by atoms with Crippen LogP contribution in [0, 0.1) is 0 Å². The highest BCUT2D eigenvalue weighted by Gasteiger charge is 2.23. The van der Waals surface area contributed by atoms with Crippen molar-refractivity contribution in [1.82, 2.24) is 4.90 Å². The Labute approximate surface area is 149 Å². The van der Waals surface area contributed by atoms with Crippen LogP contribution in [0.15, 0.2) is 54.6 Å². The number of benzene rings is 2. The first-order valence-corrected chi connectivity index (χ1v) is 8.90. The van der Waals surface area contributed by atoms with Crippen molar-refractivity contribution < 1.29 is 14.3 Å². The third-order valence-corrected chi connectivity index (χ3v) is 4.36. The molecule has 0 bridgehead atoms. The third kappa shape index (κ3) is 5.33. The molecule has 25 heavy (non-hydrogen) atoms. The number of hydrogen-bond donors (Lipinski definition) is 0. The summed E-state index contributed by atoms with van der Waals surface area (Å²) in [5, 5.41) is 0. The Morgan fingerprint density at radius 1 is 1.08 bits per heavy atom. The lowest BCUT2D eigenvalue weighted by Gasteiger charge is -2.17. The molecule has 0 radical (unpaired) electrons. The molecule has 0 unspecified atom stereocenters. The van der Waals surface area contributed by atoms with Crippen molar-refractivity contribution in [1.29, 1.82) is 0 Å². The number of esters is 1. The number of ether oxygens (including phenoxy) is 2. The molecule has 0 aromatic heterocycles. The number of carbonyl (C=O) groups is 1. The molecule has 4 nitrogen and oxygen atoms in total. The van der Waals surface area contributed by atoms with Crippen molar-refractivity contribution >= 4 is 5.97 Å². The Bertz CT molecular complexity index is 669. The summed E-state index contributed by atoms with van der Waals surface area (Å²) in [7, 11) is 0. The summed E-state index contributed by atoms with van der Waals surface area (Å²) in [6.07, 6.45) is 1.57. The molecule has 3 rings (SSSR count). The number of carbonyl (C=O) groups excluding carboxylic acids is 1. The maximum Gasteiger partial charge on any atom is 0.310 e. The molecule has 0 aliphatic carbocycles. The van der Waals surface area contributed by atoms with Gasteiger partial charge >= 0.3 is 5.97 Å². The summed E-state index contributed by atoms with van der Waals surface area (Å²) in [5.74, 6) is 0.669. The van der Waals surface area contributed by atoms with Crippen molar-refractivity contribution in [2.75, 3.05) is 19.7 Å². The third-order valence-electron chi connectivity index (χ3n) is 4.36. The Morgan fingerprint density at radius 3 is 2.56 bits per heavy atom. The lowest BCUT2D eigenvalue weighted by molar-refractivity contribution is -0.142. The maximum absolute atomic E-state index is 11.5. The minimum atomic E-state index is -0.191. The minimum Gasteiger partial charge on any atom is -0.489 e. The van der Waals surface area contributed by atoms with Gasteiger partial charge in [-0.25, -0.2) is 0 Å². The van der Waals surface area contributed by atoms with Gasteiger partial charge < -0.3 is 9.47 Å². The van der Waals surface area contributed by atoms with Crippen LogP contribution in [0.2, 0.25) is 0 Å². The number of likely N-dealkylation sites (tertiary alicyclic amines) is 1. The predicted octanol–water partition coefficient (Wildman–Crippen LogP) is 3.45. The highest BCUT2D eigenvalue weighted by molar-refractivity contribution is 5.72. The first kappa shape index (κ1) is 17.5. The Morgan fingerprint density at radius 2 is 1.84 bits per heavy atom. The van der Waals surface area contributed by atoms with Crippen LogP contribution < -0.4 is 4.74 Å². The van der Waals surface area contributed by atoms with E-state index >= 15 is 0 Å². The average Bonchev–Trinajstić information content (AvgIpc) is 3.05. The summed E-state index contributed by atoms with van der Waals surface area (Å²) >= 11 is 0. The molecule has 132 valence electrons. The molecular weight excluding hydrogens is 314 g/mol. The largest absolute Gasteiger partial charge is 0.489 e. The first-order valence-electron chi connectivity index (χ1n) is 8.90. The zero-order valence-corrected chi connectivity index (χ0v) is 14.7. The molecule has 0 amide bonds. The summed E-state index contributed by atoms with van der Waals surface area (Å²) < 4.78 is 11.1. The van der Waals surface area contributed by atoms with Crippen molar-refractivity contribution in [3.05, 3.63) is 65.7 Å². The highest BCUT2D eigenvalue weighted by atomic mass is 16.5. The molecular formula is C21H25NO3.